The van der Waals surface area contributed by atoms with Gasteiger partial charge in [0.05, 0.1) is 11.4 Å². The second-order valence-corrected chi connectivity index (χ2v) is 6.46. The third-order valence-corrected chi connectivity index (χ3v) is 4.40. The number of allylic oxidation sites excluding steroid dienone is 1. The summed E-state index contributed by atoms with van der Waals surface area (Å²) in [5.41, 5.74) is 5.59. The van der Waals surface area contributed by atoms with E-state index in [1.165, 1.54) is 0 Å². The number of hydrogen-bond donors (Lipinski definition) is 2. The molecule has 1 heterocycles. The zero-order chi connectivity index (χ0) is 19.9. The van der Waals surface area contributed by atoms with Crippen molar-refractivity contribution in [3.05, 3.63) is 88.4 Å². The van der Waals surface area contributed by atoms with Crippen LogP contribution in [0.4, 0.5) is 5.69 Å². The van der Waals surface area contributed by atoms with Crippen molar-refractivity contribution in [1.29, 1.82) is 0 Å². The van der Waals surface area contributed by atoms with E-state index in [4.69, 9.17) is 12.2 Å². The monoisotopic (exact) mass is 391 g/mol. The van der Waals surface area contributed by atoms with E-state index in [0.29, 0.717) is 5.69 Å². The van der Waals surface area contributed by atoms with Gasteiger partial charge in [-0.05, 0) is 42.9 Å². The van der Waals surface area contributed by atoms with Crippen LogP contribution < -0.4 is 16.3 Å². The molecule has 0 fully saturated rings. The normalized spacial score (nSPS) is 11.2. The summed E-state index contributed by atoms with van der Waals surface area (Å²) in [6.45, 7) is 1.86. The maximum Gasteiger partial charge on any atom is 0.295 e. The Morgan fingerprint density at radius 2 is 1.71 bits per heavy atom. The summed E-state index contributed by atoms with van der Waals surface area (Å²) >= 11 is 5.25. The van der Waals surface area contributed by atoms with Crippen molar-refractivity contribution >= 4 is 35.3 Å². The van der Waals surface area contributed by atoms with E-state index in [1.807, 2.05) is 80.7 Å². The molecule has 28 heavy (non-hydrogen) atoms. The summed E-state index contributed by atoms with van der Waals surface area (Å²) in [5.74, 6) is 0. The van der Waals surface area contributed by atoms with Crippen LogP contribution in [0.15, 0.2) is 76.6 Å². The maximum atomic E-state index is 12.8. The van der Waals surface area contributed by atoms with Gasteiger partial charge >= 0.3 is 0 Å². The second kappa shape index (κ2) is 8.96. The average molecular weight is 392 g/mol. The van der Waals surface area contributed by atoms with Crippen molar-refractivity contribution < 1.29 is 0 Å². The molecule has 3 rings (SSSR count). The van der Waals surface area contributed by atoms with Crippen molar-refractivity contribution in [1.82, 2.24) is 14.8 Å². The highest BCUT2D eigenvalue weighted by Gasteiger charge is 2.16. The molecule has 7 heteroatoms. The number of hydrogen-bond acceptors (Lipinski definition) is 3. The number of rotatable bonds is 5. The van der Waals surface area contributed by atoms with Crippen molar-refractivity contribution in [2.24, 2.45) is 12.1 Å². The molecule has 0 unspecified atom stereocenters. The minimum atomic E-state index is -0.177. The van der Waals surface area contributed by atoms with Gasteiger partial charge in [0.2, 0.25) is 0 Å². The predicted octanol–water partition coefficient (Wildman–Crippen LogP) is 3.47. The standard InChI is InChI=1S/C21H21N5OS/c1-16-19(20(27)26(25(16)2)18-13-7-4-8-14-18)23-21(28)24-22-15-9-12-17-10-5-3-6-11-17/h3-15H,1-2H3,(H2,23,24,28)/b12-9+,22-15?. The van der Waals surface area contributed by atoms with Crippen molar-refractivity contribution in [2.45, 2.75) is 6.92 Å². The predicted molar refractivity (Wildman–Crippen MR) is 119 cm³/mol. The lowest BCUT2D eigenvalue weighted by atomic mass is 10.2. The van der Waals surface area contributed by atoms with Crippen LogP contribution in [0.1, 0.15) is 11.3 Å². The molecule has 0 radical (unpaired) electrons. The number of anilines is 1. The Hall–Kier alpha value is -3.45. The van der Waals surface area contributed by atoms with Crippen LogP contribution in [-0.4, -0.2) is 20.7 Å². The Morgan fingerprint density at radius 3 is 2.39 bits per heavy atom. The van der Waals surface area contributed by atoms with Crippen LogP contribution in [0, 0.1) is 6.92 Å². The van der Waals surface area contributed by atoms with E-state index >= 15 is 0 Å². The van der Waals surface area contributed by atoms with Crippen LogP contribution in [-0.2, 0) is 7.05 Å². The fourth-order valence-corrected chi connectivity index (χ4v) is 2.87. The molecule has 0 atom stereocenters. The molecule has 2 aromatic carbocycles. The highest BCUT2D eigenvalue weighted by atomic mass is 32.1. The molecule has 0 aliphatic rings. The first-order valence-corrected chi connectivity index (χ1v) is 9.14. The number of aromatic nitrogens is 2. The van der Waals surface area contributed by atoms with Crippen LogP contribution in [0.5, 0.6) is 0 Å². The smallest absolute Gasteiger partial charge is 0.295 e. The summed E-state index contributed by atoms with van der Waals surface area (Å²) in [7, 11) is 1.83. The van der Waals surface area contributed by atoms with Crippen LogP contribution >= 0.6 is 12.2 Å². The average Bonchev–Trinajstić information content (AvgIpc) is 2.92. The topological polar surface area (TPSA) is 63.4 Å². The van der Waals surface area contributed by atoms with Crippen molar-refractivity contribution in [2.75, 3.05) is 5.32 Å². The molecule has 0 bridgehead atoms. The molecule has 6 nitrogen and oxygen atoms in total. The number of thiocarbonyl (C=S) groups is 1. The van der Waals surface area contributed by atoms with E-state index < -0.39 is 0 Å². The summed E-state index contributed by atoms with van der Waals surface area (Å²) in [6.07, 6.45) is 5.34. The lowest BCUT2D eigenvalue weighted by Crippen LogP contribution is -2.28. The first-order chi connectivity index (χ1) is 13.6. The van der Waals surface area contributed by atoms with E-state index in [1.54, 1.807) is 21.7 Å². The van der Waals surface area contributed by atoms with Gasteiger partial charge in [0.15, 0.2) is 5.11 Å². The largest absolute Gasteiger partial charge is 0.325 e. The number of benzene rings is 2. The Morgan fingerprint density at radius 1 is 1.07 bits per heavy atom. The minimum absolute atomic E-state index is 0.177. The third kappa shape index (κ3) is 4.44. The summed E-state index contributed by atoms with van der Waals surface area (Å²) in [6, 6.07) is 19.4. The van der Waals surface area contributed by atoms with E-state index in [-0.39, 0.29) is 10.7 Å². The highest BCUT2D eigenvalue weighted by molar-refractivity contribution is 7.80. The number of para-hydroxylation sites is 1. The third-order valence-electron chi connectivity index (χ3n) is 4.21. The zero-order valence-electron chi connectivity index (χ0n) is 15.7. The fourth-order valence-electron chi connectivity index (χ4n) is 2.71. The fraction of sp³-hybridized carbons (Fsp3) is 0.0952. The van der Waals surface area contributed by atoms with Gasteiger partial charge in [-0.3, -0.25) is 14.9 Å². The SMILES string of the molecule is Cc1c(NC(=S)NN=C/C=C/c2ccccc2)c(=O)n(-c2ccccc2)n1C. The highest BCUT2D eigenvalue weighted by Crippen LogP contribution is 2.13. The first-order valence-electron chi connectivity index (χ1n) is 8.73. The molecule has 0 amide bonds. The number of nitrogens with one attached hydrogen (secondary N) is 2. The molecular formula is C21H21N5OS. The second-order valence-electron chi connectivity index (χ2n) is 6.05. The summed E-state index contributed by atoms with van der Waals surface area (Å²) in [5, 5.41) is 7.24. The van der Waals surface area contributed by atoms with Gasteiger partial charge in [0, 0.05) is 13.3 Å². The molecule has 2 N–H and O–H groups in total. The Balaban J connectivity index is 1.67. The summed E-state index contributed by atoms with van der Waals surface area (Å²) < 4.78 is 3.38. The zero-order valence-corrected chi connectivity index (χ0v) is 16.5. The quantitative estimate of drug-likeness (QED) is 0.397. The summed E-state index contributed by atoms with van der Waals surface area (Å²) in [4.78, 5) is 12.8. The van der Waals surface area contributed by atoms with Gasteiger partial charge in [0.25, 0.3) is 5.56 Å². The Kier molecular flexibility index (Phi) is 6.18. The molecule has 0 saturated heterocycles. The van der Waals surface area contributed by atoms with Crippen LogP contribution in [0.3, 0.4) is 0 Å². The van der Waals surface area contributed by atoms with E-state index in [2.05, 4.69) is 15.8 Å². The Bertz CT molecular complexity index is 1070. The molecule has 0 aliphatic heterocycles. The van der Waals surface area contributed by atoms with Crippen LogP contribution in [0.25, 0.3) is 11.8 Å². The molecule has 3 aromatic rings. The van der Waals surface area contributed by atoms with Crippen molar-refractivity contribution in [3.63, 3.8) is 0 Å². The van der Waals surface area contributed by atoms with E-state index in [9.17, 15) is 4.79 Å². The maximum absolute atomic E-state index is 12.8. The number of hydrazone groups is 1. The van der Waals surface area contributed by atoms with Crippen molar-refractivity contribution in [3.8, 4) is 5.69 Å². The van der Waals surface area contributed by atoms with E-state index in [0.717, 1.165) is 16.9 Å². The van der Waals surface area contributed by atoms with Gasteiger partial charge in [-0.2, -0.15) is 5.10 Å². The number of nitrogens with zero attached hydrogens (tertiary/aromatic N) is 3. The molecule has 0 saturated carbocycles. The van der Waals surface area contributed by atoms with Gasteiger partial charge in [-0.15, -0.1) is 0 Å². The minimum Gasteiger partial charge on any atom is -0.325 e. The molecule has 1 aromatic heterocycles. The first kappa shape index (κ1) is 19.3. The lowest BCUT2D eigenvalue weighted by molar-refractivity contribution is 0.630. The van der Waals surface area contributed by atoms with Gasteiger partial charge in [0.1, 0.15) is 5.69 Å². The van der Waals surface area contributed by atoms with Gasteiger partial charge in [-0.25, -0.2) is 4.68 Å². The van der Waals surface area contributed by atoms with Crippen LogP contribution in [0.2, 0.25) is 0 Å². The Labute approximate surface area is 168 Å². The molecule has 0 aliphatic carbocycles. The lowest BCUT2D eigenvalue weighted by Gasteiger charge is -2.07. The molecule has 142 valence electrons. The van der Waals surface area contributed by atoms with Gasteiger partial charge in [-0.1, -0.05) is 54.6 Å². The molecule has 0 spiro atoms. The molecular weight excluding hydrogens is 370 g/mol. The van der Waals surface area contributed by atoms with Gasteiger partial charge < -0.3 is 5.32 Å².